The number of carbonyl (C=O) groups is 2. The minimum atomic E-state index is -0.251. The lowest BCUT2D eigenvalue weighted by Crippen LogP contribution is -2.43. The van der Waals surface area contributed by atoms with Crippen molar-refractivity contribution in [3.05, 3.63) is 71.0 Å². The number of para-hydroxylation sites is 1. The van der Waals surface area contributed by atoms with Gasteiger partial charge in [0.1, 0.15) is 16.6 Å². The number of likely N-dealkylation sites (tertiary alicyclic amines) is 1. The summed E-state index contributed by atoms with van der Waals surface area (Å²) in [4.78, 5) is 31.9. The lowest BCUT2D eigenvalue weighted by atomic mass is 9.95. The van der Waals surface area contributed by atoms with Crippen molar-refractivity contribution in [2.24, 2.45) is 5.92 Å². The number of carbonyl (C=O) groups excluding carboxylic acids is 2. The van der Waals surface area contributed by atoms with Crippen LogP contribution in [-0.2, 0) is 22.4 Å². The highest BCUT2D eigenvalue weighted by molar-refractivity contribution is 7.13. The fraction of sp³-hybridized carbons (Fsp3) is 0.370. The van der Waals surface area contributed by atoms with E-state index in [1.165, 1.54) is 17.4 Å². The fourth-order valence-corrected chi connectivity index (χ4v) is 5.11. The van der Waals surface area contributed by atoms with Gasteiger partial charge in [0, 0.05) is 30.9 Å². The van der Waals surface area contributed by atoms with Gasteiger partial charge in [-0.05, 0) is 49.9 Å². The van der Waals surface area contributed by atoms with Gasteiger partial charge in [0.05, 0.1) is 24.3 Å². The van der Waals surface area contributed by atoms with Crippen molar-refractivity contribution in [2.75, 3.05) is 26.2 Å². The zero-order valence-corrected chi connectivity index (χ0v) is 20.7. The van der Waals surface area contributed by atoms with Crippen LogP contribution in [0.5, 0.6) is 5.75 Å². The van der Waals surface area contributed by atoms with Crippen LogP contribution in [0.3, 0.4) is 0 Å². The zero-order valence-electron chi connectivity index (χ0n) is 19.8. The van der Waals surface area contributed by atoms with Crippen LogP contribution in [0.2, 0.25) is 0 Å². The number of hydrogen-bond acceptors (Lipinski definition) is 5. The quantitative estimate of drug-likeness (QED) is 0.475. The van der Waals surface area contributed by atoms with Crippen LogP contribution in [0.25, 0.3) is 10.6 Å². The van der Waals surface area contributed by atoms with Crippen LogP contribution in [0.1, 0.15) is 31.0 Å². The molecule has 6 nitrogen and oxygen atoms in total. The van der Waals surface area contributed by atoms with E-state index in [4.69, 9.17) is 4.74 Å². The standard InChI is InChI=1S/C27H30FN3O3S/c1-2-34-24-10-6-4-8-22(24)27-30-21(18-35-27)17-25(32)31-15-12-20(13-16-31)26(33)29-14-11-19-7-3-5-9-23(19)28/h3-10,18,20H,2,11-17H2,1H3,(H,29,33). The number of aromatic nitrogens is 1. The molecule has 3 aromatic rings. The van der Waals surface area contributed by atoms with Crippen LogP contribution in [0.15, 0.2) is 53.9 Å². The molecule has 0 unspecified atom stereocenters. The normalized spacial score (nSPS) is 14.1. The second-order valence-corrected chi connectivity index (χ2v) is 9.40. The SMILES string of the molecule is CCOc1ccccc1-c1nc(CC(=O)N2CCC(C(=O)NCCc3ccccc3F)CC2)cs1. The van der Waals surface area contributed by atoms with Crippen molar-refractivity contribution in [3.63, 3.8) is 0 Å². The van der Waals surface area contributed by atoms with Crippen LogP contribution < -0.4 is 10.1 Å². The molecule has 4 rings (SSSR count). The number of piperidine rings is 1. The second-order valence-electron chi connectivity index (χ2n) is 8.54. The summed E-state index contributed by atoms with van der Waals surface area (Å²) >= 11 is 1.50. The Balaban J connectivity index is 1.24. The van der Waals surface area contributed by atoms with Gasteiger partial charge in [-0.2, -0.15) is 0 Å². The lowest BCUT2D eigenvalue weighted by molar-refractivity contribution is -0.135. The molecule has 0 spiro atoms. The Bertz CT molecular complexity index is 1160. The fourth-order valence-electron chi connectivity index (χ4n) is 4.26. The Morgan fingerprint density at radius 1 is 1.14 bits per heavy atom. The molecule has 2 amide bonds. The Kier molecular flexibility index (Phi) is 8.47. The molecule has 1 aliphatic heterocycles. The number of ether oxygens (including phenoxy) is 1. The third kappa shape index (κ3) is 6.45. The Labute approximate surface area is 209 Å². The van der Waals surface area contributed by atoms with Gasteiger partial charge in [0.25, 0.3) is 0 Å². The van der Waals surface area contributed by atoms with E-state index in [0.29, 0.717) is 51.1 Å². The van der Waals surface area contributed by atoms with Crippen LogP contribution >= 0.6 is 11.3 Å². The third-order valence-corrected chi connectivity index (χ3v) is 7.10. The Hall–Kier alpha value is -3.26. The number of benzene rings is 2. The molecule has 0 aliphatic carbocycles. The predicted molar refractivity (Wildman–Crippen MR) is 135 cm³/mol. The van der Waals surface area contributed by atoms with Gasteiger partial charge in [-0.1, -0.05) is 30.3 Å². The van der Waals surface area contributed by atoms with Crippen molar-refractivity contribution in [1.29, 1.82) is 0 Å². The maximum absolute atomic E-state index is 13.7. The Morgan fingerprint density at radius 3 is 2.66 bits per heavy atom. The van der Waals surface area contributed by atoms with Crippen molar-refractivity contribution in [2.45, 2.75) is 32.6 Å². The number of rotatable bonds is 9. The van der Waals surface area contributed by atoms with E-state index in [-0.39, 0.29) is 30.0 Å². The molecule has 8 heteroatoms. The van der Waals surface area contributed by atoms with Crippen molar-refractivity contribution in [3.8, 4) is 16.3 Å². The van der Waals surface area contributed by atoms with E-state index < -0.39 is 0 Å². The zero-order chi connectivity index (χ0) is 24.6. The molecule has 0 radical (unpaired) electrons. The maximum atomic E-state index is 13.7. The molecular weight excluding hydrogens is 465 g/mol. The van der Waals surface area contributed by atoms with Gasteiger partial charge in [0.2, 0.25) is 11.8 Å². The number of halogens is 1. The van der Waals surface area contributed by atoms with E-state index in [9.17, 15) is 14.0 Å². The molecular formula is C27H30FN3O3S. The first-order chi connectivity index (χ1) is 17.0. The van der Waals surface area contributed by atoms with Crippen LogP contribution in [0.4, 0.5) is 4.39 Å². The molecule has 0 atom stereocenters. The smallest absolute Gasteiger partial charge is 0.228 e. The summed E-state index contributed by atoms with van der Waals surface area (Å²) in [6.45, 7) is 4.02. The van der Waals surface area contributed by atoms with E-state index in [1.807, 2.05) is 41.5 Å². The van der Waals surface area contributed by atoms with Gasteiger partial charge in [0.15, 0.2) is 0 Å². The number of hydrogen-bond donors (Lipinski definition) is 1. The third-order valence-electron chi connectivity index (χ3n) is 6.17. The van der Waals surface area contributed by atoms with Crippen molar-refractivity contribution >= 4 is 23.2 Å². The number of nitrogens with zero attached hydrogens (tertiary/aromatic N) is 2. The highest BCUT2D eigenvalue weighted by atomic mass is 32.1. The average molecular weight is 496 g/mol. The van der Waals surface area contributed by atoms with Gasteiger partial charge >= 0.3 is 0 Å². The highest BCUT2D eigenvalue weighted by Gasteiger charge is 2.27. The average Bonchev–Trinajstić information content (AvgIpc) is 3.34. The van der Waals surface area contributed by atoms with Gasteiger partial charge in [-0.15, -0.1) is 11.3 Å². The summed E-state index contributed by atoms with van der Waals surface area (Å²) in [6.07, 6.45) is 1.95. The first-order valence-corrected chi connectivity index (χ1v) is 12.9. The largest absolute Gasteiger partial charge is 0.493 e. The number of nitrogens with one attached hydrogen (secondary N) is 1. The van der Waals surface area contributed by atoms with E-state index in [1.54, 1.807) is 18.2 Å². The summed E-state index contributed by atoms with van der Waals surface area (Å²) in [6, 6.07) is 14.4. The molecule has 1 N–H and O–H groups in total. The van der Waals surface area contributed by atoms with Gasteiger partial charge in [-0.3, -0.25) is 9.59 Å². The minimum absolute atomic E-state index is 0.0226. The van der Waals surface area contributed by atoms with Gasteiger partial charge in [-0.25, -0.2) is 9.37 Å². The molecule has 184 valence electrons. The molecule has 1 fully saturated rings. The summed E-state index contributed by atoms with van der Waals surface area (Å²) in [5.41, 5.74) is 2.27. The topological polar surface area (TPSA) is 71.5 Å². The molecule has 2 aromatic carbocycles. The molecule has 0 saturated carbocycles. The molecule has 35 heavy (non-hydrogen) atoms. The minimum Gasteiger partial charge on any atom is -0.493 e. The van der Waals surface area contributed by atoms with Crippen LogP contribution in [0, 0.1) is 11.7 Å². The molecule has 1 aromatic heterocycles. The molecule has 1 aliphatic rings. The van der Waals surface area contributed by atoms with Crippen molar-refractivity contribution in [1.82, 2.24) is 15.2 Å². The van der Waals surface area contributed by atoms with Crippen molar-refractivity contribution < 1.29 is 18.7 Å². The lowest BCUT2D eigenvalue weighted by Gasteiger charge is -2.31. The summed E-state index contributed by atoms with van der Waals surface area (Å²) in [5, 5.41) is 5.67. The number of amides is 2. The summed E-state index contributed by atoms with van der Waals surface area (Å²) in [7, 11) is 0. The first kappa shape index (κ1) is 24.9. The predicted octanol–water partition coefficient (Wildman–Crippen LogP) is 4.49. The van der Waals surface area contributed by atoms with E-state index in [0.717, 1.165) is 22.0 Å². The molecule has 0 bridgehead atoms. The van der Waals surface area contributed by atoms with E-state index >= 15 is 0 Å². The maximum Gasteiger partial charge on any atom is 0.228 e. The van der Waals surface area contributed by atoms with Crippen LogP contribution in [-0.4, -0.2) is 47.9 Å². The Morgan fingerprint density at radius 2 is 1.89 bits per heavy atom. The van der Waals surface area contributed by atoms with E-state index in [2.05, 4.69) is 10.3 Å². The molecule has 1 saturated heterocycles. The number of thiazole rings is 1. The second kappa shape index (κ2) is 11.9. The summed E-state index contributed by atoms with van der Waals surface area (Å²) in [5.74, 6) is 0.417. The van der Waals surface area contributed by atoms with Gasteiger partial charge < -0.3 is 15.0 Å². The highest BCUT2D eigenvalue weighted by Crippen LogP contribution is 2.32. The first-order valence-electron chi connectivity index (χ1n) is 12.0. The summed E-state index contributed by atoms with van der Waals surface area (Å²) < 4.78 is 19.4. The molecule has 2 heterocycles. The monoisotopic (exact) mass is 495 g/mol.